The highest BCUT2D eigenvalue weighted by atomic mass is 16.5. The molecule has 1 fully saturated rings. The van der Waals surface area contributed by atoms with Crippen LogP contribution in [0, 0.1) is 0 Å². The SMILES string of the molecule is COc1ccccc1CC(O)C1(C)CCCO1. The van der Waals surface area contributed by atoms with Gasteiger partial charge in [0.15, 0.2) is 0 Å². The van der Waals surface area contributed by atoms with Crippen molar-refractivity contribution in [2.45, 2.75) is 37.9 Å². The van der Waals surface area contributed by atoms with E-state index >= 15 is 0 Å². The minimum Gasteiger partial charge on any atom is -0.496 e. The Morgan fingerprint density at radius 1 is 1.47 bits per heavy atom. The zero-order valence-electron chi connectivity index (χ0n) is 10.5. The largest absolute Gasteiger partial charge is 0.496 e. The van der Waals surface area contributed by atoms with Crippen molar-refractivity contribution in [1.82, 2.24) is 0 Å². The molecule has 1 aliphatic rings. The van der Waals surface area contributed by atoms with Crippen molar-refractivity contribution >= 4 is 0 Å². The van der Waals surface area contributed by atoms with Gasteiger partial charge in [-0.25, -0.2) is 0 Å². The number of benzene rings is 1. The molecule has 0 amide bonds. The molecular weight excluding hydrogens is 216 g/mol. The van der Waals surface area contributed by atoms with E-state index in [1.165, 1.54) is 0 Å². The fourth-order valence-electron chi connectivity index (χ4n) is 2.36. The maximum absolute atomic E-state index is 10.3. The molecule has 1 N–H and O–H groups in total. The second-order valence-electron chi connectivity index (χ2n) is 4.80. The van der Waals surface area contributed by atoms with Crippen LogP contribution in [0.1, 0.15) is 25.3 Å². The van der Waals surface area contributed by atoms with E-state index < -0.39 is 11.7 Å². The predicted octanol–water partition coefficient (Wildman–Crippen LogP) is 2.17. The fourth-order valence-corrected chi connectivity index (χ4v) is 2.36. The van der Waals surface area contributed by atoms with Crippen molar-refractivity contribution in [3.05, 3.63) is 29.8 Å². The Labute approximate surface area is 102 Å². The summed E-state index contributed by atoms with van der Waals surface area (Å²) >= 11 is 0. The third-order valence-corrected chi connectivity index (χ3v) is 3.56. The summed E-state index contributed by atoms with van der Waals surface area (Å²) in [6.07, 6.45) is 2.03. The summed E-state index contributed by atoms with van der Waals surface area (Å²) in [7, 11) is 1.65. The molecule has 2 atom stereocenters. The first-order chi connectivity index (χ1) is 8.15. The van der Waals surface area contributed by atoms with Gasteiger partial charge in [0, 0.05) is 13.0 Å². The number of rotatable bonds is 4. The van der Waals surface area contributed by atoms with Crippen LogP contribution in [0.2, 0.25) is 0 Å². The monoisotopic (exact) mass is 236 g/mol. The van der Waals surface area contributed by atoms with Crippen LogP contribution < -0.4 is 4.74 Å². The molecule has 0 spiro atoms. The molecule has 0 bridgehead atoms. The summed E-state index contributed by atoms with van der Waals surface area (Å²) in [4.78, 5) is 0. The molecule has 1 aromatic carbocycles. The van der Waals surface area contributed by atoms with E-state index in [2.05, 4.69) is 0 Å². The van der Waals surface area contributed by atoms with Crippen molar-refractivity contribution < 1.29 is 14.6 Å². The molecule has 17 heavy (non-hydrogen) atoms. The van der Waals surface area contributed by atoms with Gasteiger partial charge in [-0.3, -0.25) is 0 Å². The molecule has 94 valence electrons. The van der Waals surface area contributed by atoms with Crippen LogP contribution >= 0.6 is 0 Å². The molecule has 2 unspecified atom stereocenters. The first kappa shape index (κ1) is 12.4. The van der Waals surface area contributed by atoms with Gasteiger partial charge < -0.3 is 14.6 Å². The Balaban J connectivity index is 2.09. The summed E-state index contributed by atoms with van der Waals surface area (Å²) in [5.41, 5.74) is 0.625. The highest BCUT2D eigenvalue weighted by Gasteiger charge is 2.37. The summed E-state index contributed by atoms with van der Waals surface area (Å²) in [6.45, 7) is 2.74. The van der Waals surface area contributed by atoms with Crippen LogP contribution in [-0.2, 0) is 11.2 Å². The summed E-state index contributed by atoms with van der Waals surface area (Å²) in [5, 5.41) is 10.3. The number of methoxy groups -OCH3 is 1. The highest BCUT2D eigenvalue weighted by molar-refractivity contribution is 5.34. The summed E-state index contributed by atoms with van der Waals surface area (Å²) < 4.78 is 10.9. The first-order valence-corrected chi connectivity index (χ1v) is 6.09. The van der Waals surface area contributed by atoms with Crippen LogP contribution in [0.3, 0.4) is 0 Å². The van der Waals surface area contributed by atoms with Crippen molar-refractivity contribution in [1.29, 1.82) is 0 Å². The number of para-hydroxylation sites is 1. The molecule has 1 aliphatic heterocycles. The fraction of sp³-hybridized carbons (Fsp3) is 0.571. The molecule has 3 heteroatoms. The minimum atomic E-state index is -0.485. The van der Waals surface area contributed by atoms with Crippen molar-refractivity contribution in [2.75, 3.05) is 13.7 Å². The lowest BCUT2D eigenvalue weighted by molar-refractivity contribution is -0.0769. The van der Waals surface area contributed by atoms with E-state index in [1.54, 1.807) is 7.11 Å². The van der Waals surface area contributed by atoms with Gasteiger partial charge in [0.05, 0.1) is 18.8 Å². The van der Waals surface area contributed by atoms with E-state index in [0.29, 0.717) is 6.42 Å². The second-order valence-corrected chi connectivity index (χ2v) is 4.80. The summed E-state index contributed by atoms with van der Waals surface area (Å²) in [5.74, 6) is 0.827. The number of hydrogen-bond acceptors (Lipinski definition) is 3. The van der Waals surface area contributed by atoms with Crippen LogP contribution in [0.15, 0.2) is 24.3 Å². The second kappa shape index (κ2) is 5.07. The van der Waals surface area contributed by atoms with Crippen molar-refractivity contribution in [3.8, 4) is 5.75 Å². The van der Waals surface area contributed by atoms with E-state index in [1.807, 2.05) is 31.2 Å². The Morgan fingerprint density at radius 3 is 2.88 bits per heavy atom. The topological polar surface area (TPSA) is 38.7 Å². The van der Waals surface area contributed by atoms with E-state index in [0.717, 1.165) is 30.8 Å². The number of hydrogen-bond donors (Lipinski definition) is 1. The van der Waals surface area contributed by atoms with E-state index in [-0.39, 0.29) is 0 Å². The molecule has 0 radical (unpaired) electrons. The molecule has 0 saturated carbocycles. The van der Waals surface area contributed by atoms with Crippen LogP contribution in [0.5, 0.6) is 5.75 Å². The maximum atomic E-state index is 10.3. The van der Waals surface area contributed by atoms with Crippen LogP contribution in [0.25, 0.3) is 0 Å². The van der Waals surface area contributed by atoms with Crippen molar-refractivity contribution in [2.24, 2.45) is 0 Å². The zero-order chi connectivity index (χ0) is 12.3. The third-order valence-electron chi connectivity index (χ3n) is 3.56. The molecule has 1 heterocycles. The van der Waals surface area contributed by atoms with Crippen LogP contribution in [0.4, 0.5) is 0 Å². The smallest absolute Gasteiger partial charge is 0.122 e. The zero-order valence-corrected chi connectivity index (χ0v) is 10.5. The van der Waals surface area contributed by atoms with Gasteiger partial charge in [-0.2, -0.15) is 0 Å². The van der Waals surface area contributed by atoms with Gasteiger partial charge in [0.1, 0.15) is 5.75 Å². The lowest BCUT2D eigenvalue weighted by Crippen LogP contribution is -2.40. The number of aliphatic hydroxyl groups is 1. The Kier molecular flexibility index (Phi) is 3.69. The van der Waals surface area contributed by atoms with E-state index in [4.69, 9.17) is 9.47 Å². The Hall–Kier alpha value is -1.06. The van der Waals surface area contributed by atoms with Gasteiger partial charge in [-0.15, -0.1) is 0 Å². The van der Waals surface area contributed by atoms with Crippen LogP contribution in [-0.4, -0.2) is 30.5 Å². The highest BCUT2D eigenvalue weighted by Crippen LogP contribution is 2.31. The lowest BCUT2D eigenvalue weighted by Gasteiger charge is -2.29. The van der Waals surface area contributed by atoms with Gasteiger partial charge in [-0.1, -0.05) is 18.2 Å². The third kappa shape index (κ3) is 2.61. The molecular formula is C14H20O3. The average Bonchev–Trinajstić information content (AvgIpc) is 2.78. The molecule has 1 saturated heterocycles. The predicted molar refractivity (Wildman–Crippen MR) is 66.3 cm³/mol. The lowest BCUT2D eigenvalue weighted by atomic mass is 9.90. The Morgan fingerprint density at radius 2 is 2.24 bits per heavy atom. The van der Waals surface area contributed by atoms with Gasteiger partial charge in [-0.05, 0) is 31.4 Å². The maximum Gasteiger partial charge on any atom is 0.122 e. The molecule has 3 nitrogen and oxygen atoms in total. The van der Waals surface area contributed by atoms with Crippen molar-refractivity contribution in [3.63, 3.8) is 0 Å². The number of aliphatic hydroxyl groups excluding tert-OH is 1. The van der Waals surface area contributed by atoms with Gasteiger partial charge in [0.25, 0.3) is 0 Å². The standard InChI is InChI=1S/C14H20O3/c1-14(8-5-9-17-14)13(15)10-11-6-3-4-7-12(11)16-2/h3-4,6-7,13,15H,5,8-10H2,1-2H3. The summed E-state index contributed by atoms with van der Waals surface area (Å²) in [6, 6.07) is 7.80. The molecule has 0 aromatic heterocycles. The average molecular weight is 236 g/mol. The van der Waals surface area contributed by atoms with Gasteiger partial charge >= 0.3 is 0 Å². The van der Waals surface area contributed by atoms with E-state index in [9.17, 15) is 5.11 Å². The number of ether oxygens (including phenoxy) is 2. The van der Waals surface area contributed by atoms with Gasteiger partial charge in [0.2, 0.25) is 0 Å². The first-order valence-electron chi connectivity index (χ1n) is 6.09. The Bertz CT molecular complexity index is 369. The molecule has 2 rings (SSSR count). The normalized spacial score (nSPS) is 25.8. The minimum absolute atomic E-state index is 0.402. The quantitative estimate of drug-likeness (QED) is 0.870. The molecule has 0 aliphatic carbocycles. The molecule has 1 aromatic rings.